The minimum atomic E-state index is 0.382. The van der Waals surface area contributed by atoms with Gasteiger partial charge in [0.15, 0.2) is 0 Å². The molecule has 0 saturated heterocycles. The van der Waals surface area contributed by atoms with Crippen molar-refractivity contribution < 1.29 is 0 Å². The summed E-state index contributed by atoms with van der Waals surface area (Å²) in [6.07, 6.45) is 0. The number of halogens is 2. The van der Waals surface area contributed by atoms with Crippen molar-refractivity contribution in [2.45, 2.75) is 0 Å². The molecule has 2 aromatic carbocycles. The molecule has 0 aromatic heterocycles. The first kappa shape index (κ1) is 13.2. The minimum absolute atomic E-state index is 0.382. The fourth-order valence-corrected chi connectivity index (χ4v) is 1.98. The lowest BCUT2D eigenvalue weighted by molar-refractivity contribution is 1.46. The van der Waals surface area contributed by atoms with E-state index >= 15 is 0 Å². The number of benzene rings is 2. The van der Waals surface area contributed by atoms with Crippen molar-refractivity contribution in [3.63, 3.8) is 0 Å². The predicted molar refractivity (Wildman–Crippen MR) is 75.6 cm³/mol. The molecule has 19 heavy (non-hydrogen) atoms. The predicted octanol–water partition coefficient (Wildman–Crippen LogP) is 4.48. The highest BCUT2D eigenvalue weighted by molar-refractivity contribution is 6.32. The zero-order chi connectivity index (χ0) is 13.8. The van der Waals surface area contributed by atoms with Crippen molar-refractivity contribution in [3.8, 4) is 12.1 Å². The molecule has 0 fully saturated rings. The third kappa shape index (κ3) is 2.98. The quantitative estimate of drug-likeness (QED) is 0.886. The van der Waals surface area contributed by atoms with Gasteiger partial charge in [0.25, 0.3) is 0 Å². The Bertz CT molecular complexity index is 650. The van der Waals surface area contributed by atoms with Gasteiger partial charge in [0, 0.05) is 11.4 Å². The number of nitrogens with one attached hydrogen (secondary N) is 1. The maximum atomic E-state index is 8.79. The number of hydrogen-bond donors (Lipinski definition) is 1. The first-order valence-electron chi connectivity index (χ1n) is 5.30. The molecule has 0 aliphatic carbocycles. The molecule has 0 radical (unpaired) electrons. The number of hydrogen-bond acceptors (Lipinski definition) is 3. The molecule has 0 saturated carbocycles. The van der Waals surface area contributed by atoms with Crippen LogP contribution in [0.2, 0.25) is 10.0 Å². The molecule has 1 N–H and O–H groups in total. The summed E-state index contributed by atoms with van der Waals surface area (Å²) in [7, 11) is 0. The Kier molecular flexibility index (Phi) is 3.92. The molecule has 2 aromatic rings. The molecule has 92 valence electrons. The van der Waals surface area contributed by atoms with Crippen LogP contribution in [0.3, 0.4) is 0 Å². The zero-order valence-corrected chi connectivity index (χ0v) is 11.1. The van der Waals surface area contributed by atoms with Crippen molar-refractivity contribution in [1.29, 1.82) is 10.5 Å². The molecule has 0 amide bonds. The molecule has 0 aliphatic rings. The fraction of sp³-hybridized carbons (Fsp3) is 0. The fourth-order valence-electron chi connectivity index (χ4n) is 1.53. The van der Waals surface area contributed by atoms with Crippen molar-refractivity contribution in [2.24, 2.45) is 0 Å². The van der Waals surface area contributed by atoms with Crippen LogP contribution in [-0.4, -0.2) is 0 Å². The van der Waals surface area contributed by atoms with Gasteiger partial charge < -0.3 is 5.32 Å². The van der Waals surface area contributed by atoms with E-state index < -0.39 is 0 Å². The summed E-state index contributed by atoms with van der Waals surface area (Å²) in [5, 5.41) is 21.4. The van der Waals surface area contributed by atoms with Gasteiger partial charge in [-0.05, 0) is 36.4 Å². The first-order valence-corrected chi connectivity index (χ1v) is 6.06. The van der Waals surface area contributed by atoms with Crippen LogP contribution in [0.4, 0.5) is 11.4 Å². The van der Waals surface area contributed by atoms with Crippen molar-refractivity contribution in [3.05, 3.63) is 57.6 Å². The van der Waals surface area contributed by atoms with E-state index in [0.717, 1.165) is 11.4 Å². The van der Waals surface area contributed by atoms with Gasteiger partial charge in [-0.15, -0.1) is 0 Å². The first-order chi connectivity index (χ1) is 9.13. The Labute approximate surface area is 120 Å². The van der Waals surface area contributed by atoms with Gasteiger partial charge in [-0.25, -0.2) is 0 Å². The van der Waals surface area contributed by atoms with Gasteiger partial charge in [-0.2, -0.15) is 10.5 Å². The lowest BCUT2D eigenvalue weighted by Gasteiger charge is -2.08. The standard InChI is InChI=1S/C14H7Cl2N3/c15-13-5-11(3-1-9(13)7-17)19-12-4-2-10(8-18)14(16)6-12/h1-6,19H. The molecule has 0 aliphatic heterocycles. The second-order valence-corrected chi connectivity index (χ2v) is 4.55. The Hall–Kier alpha value is -2.20. The van der Waals surface area contributed by atoms with Crippen LogP contribution < -0.4 is 5.32 Å². The highest BCUT2D eigenvalue weighted by Gasteiger charge is 2.04. The van der Waals surface area contributed by atoms with E-state index in [9.17, 15) is 0 Å². The molecule has 5 heteroatoms. The van der Waals surface area contributed by atoms with E-state index in [0.29, 0.717) is 21.2 Å². The monoisotopic (exact) mass is 287 g/mol. The topological polar surface area (TPSA) is 59.6 Å². The van der Waals surface area contributed by atoms with E-state index in [1.807, 2.05) is 12.1 Å². The zero-order valence-electron chi connectivity index (χ0n) is 9.61. The third-order valence-corrected chi connectivity index (χ3v) is 3.09. The highest BCUT2D eigenvalue weighted by Crippen LogP contribution is 2.26. The van der Waals surface area contributed by atoms with Crippen LogP contribution in [0.1, 0.15) is 11.1 Å². The smallest absolute Gasteiger partial charge is 0.101 e. The molecular weight excluding hydrogens is 281 g/mol. The van der Waals surface area contributed by atoms with Crippen molar-refractivity contribution in [2.75, 3.05) is 5.32 Å². The second kappa shape index (κ2) is 5.63. The van der Waals surface area contributed by atoms with Crippen LogP contribution in [0.5, 0.6) is 0 Å². The molecule has 3 nitrogen and oxygen atoms in total. The summed E-state index contributed by atoms with van der Waals surface area (Å²) in [6.45, 7) is 0. The number of nitrogens with zero attached hydrogens (tertiary/aromatic N) is 2. The molecule has 0 heterocycles. The minimum Gasteiger partial charge on any atom is -0.355 e. The summed E-state index contributed by atoms with van der Waals surface area (Å²) in [5.41, 5.74) is 2.32. The average molecular weight is 288 g/mol. The summed E-state index contributed by atoms with van der Waals surface area (Å²) in [5.74, 6) is 0. The van der Waals surface area contributed by atoms with Gasteiger partial charge >= 0.3 is 0 Å². The Morgan fingerprint density at radius 3 is 1.53 bits per heavy atom. The SMILES string of the molecule is N#Cc1ccc(Nc2ccc(C#N)c(Cl)c2)cc1Cl. The lowest BCUT2D eigenvalue weighted by atomic mass is 10.2. The van der Waals surface area contributed by atoms with E-state index in [1.54, 1.807) is 36.4 Å². The second-order valence-electron chi connectivity index (χ2n) is 3.74. The maximum Gasteiger partial charge on any atom is 0.101 e. The van der Waals surface area contributed by atoms with Crippen LogP contribution in [-0.2, 0) is 0 Å². The summed E-state index contributed by atoms with van der Waals surface area (Å²) in [6, 6.07) is 14.1. The normalized spacial score (nSPS) is 9.47. The lowest BCUT2D eigenvalue weighted by Crippen LogP contribution is -1.91. The van der Waals surface area contributed by atoms with Gasteiger partial charge in [-0.1, -0.05) is 23.2 Å². The van der Waals surface area contributed by atoms with Gasteiger partial charge in [0.1, 0.15) is 12.1 Å². The molecule has 0 spiro atoms. The van der Waals surface area contributed by atoms with Crippen LogP contribution in [0.25, 0.3) is 0 Å². The van der Waals surface area contributed by atoms with E-state index in [-0.39, 0.29) is 0 Å². The average Bonchev–Trinajstić information content (AvgIpc) is 2.39. The Morgan fingerprint density at radius 1 is 0.789 bits per heavy atom. The summed E-state index contributed by atoms with van der Waals surface area (Å²) in [4.78, 5) is 0. The summed E-state index contributed by atoms with van der Waals surface area (Å²) < 4.78 is 0. The van der Waals surface area contributed by atoms with Gasteiger partial charge in [0.2, 0.25) is 0 Å². The number of anilines is 2. The molecule has 0 atom stereocenters. The van der Waals surface area contributed by atoms with Crippen LogP contribution >= 0.6 is 23.2 Å². The van der Waals surface area contributed by atoms with Crippen LogP contribution in [0.15, 0.2) is 36.4 Å². The number of rotatable bonds is 2. The van der Waals surface area contributed by atoms with Crippen molar-refractivity contribution >= 4 is 34.6 Å². The largest absolute Gasteiger partial charge is 0.355 e. The number of nitriles is 2. The molecule has 2 rings (SSSR count). The van der Waals surface area contributed by atoms with E-state index in [2.05, 4.69) is 5.32 Å². The molecule has 0 unspecified atom stereocenters. The van der Waals surface area contributed by atoms with E-state index in [4.69, 9.17) is 33.7 Å². The van der Waals surface area contributed by atoms with Gasteiger partial charge in [-0.3, -0.25) is 0 Å². The molecule has 0 bridgehead atoms. The van der Waals surface area contributed by atoms with E-state index in [1.165, 1.54) is 0 Å². The Morgan fingerprint density at radius 2 is 1.21 bits per heavy atom. The molecular formula is C14H7Cl2N3. The maximum absolute atomic E-state index is 8.79. The van der Waals surface area contributed by atoms with Gasteiger partial charge in [0.05, 0.1) is 21.2 Å². The highest BCUT2D eigenvalue weighted by atomic mass is 35.5. The third-order valence-electron chi connectivity index (χ3n) is 2.47. The Balaban J connectivity index is 2.27. The van der Waals surface area contributed by atoms with Crippen LogP contribution in [0, 0.1) is 22.7 Å². The van der Waals surface area contributed by atoms with Crippen molar-refractivity contribution in [1.82, 2.24) is 0 Å². The summed E-state index contributed by atoms with van der Waals surface area (Å²) >= 11 is 11.9.